The van der Waals surface area contributed by atoms with Gasteiger partial charge in [-0.1, -0.05) is 12.8 Å². The van der Waals surface area contributed by atoms with Crippen molar-refractivity contribution >= 4 is 22.4 Å². The lowest BCUT2D eigenvalue weighted by Crippen LogP contribution is -2.47. The molecule has 2 aliphatic rings. The summed E-state index contributed by atoms with van der Waals surface area (Å²) in [5, 5.41) is 3.32. The molecule has 0 aromatic carbocycles. The van der Waals surface area contributed by atoms with Crippen LogP contribution in [-0.2, 0) is 10.0 Å². The number of hydrogen-bond acceptors (Lipinski definition) is 3. The highest BCUT2D eigenvalue weighted by molar-refractivity contribution is 7.89. The van der Waals surface area contributed by atoms with Gasteiger partial charge in [0.05, 0.1) is 5.75 Å². The summed E-state index contributed by atoms with van der Waals surface area (Å²) in [5.74, 6) is 0.999. The normalized spacial score (nSPS) is 29.7. The minimum atomic E-state index is -3.04. The van der Waals surface area contributed by atoms with Crippen molar-refractivity contribution in [2.45, 2.75) is 51.1 Å². The van der Waals surface area contributed by atoms with E-state index in [9.17, 15) is 8.42 Å². The Kier molecular flexibility index (Phi) is 5.70. The molecule has 2 fully saturated rings. The summed E-state index contributed by atoms with van der Waals surface area (Å²) >= 11 is 0. The van der Waals surface area contributed by atoms with Gasteiger partial charge in [-0.2, -0.15) is 0 Å². The monoisotopic (exact) mass is 282 g/mol. The Morgan fingerprint density at radius 1 is 1.29 bits per heavy atom. The van der Waals surface area contributed by atoms with Crippen LogP contribution in [0.5, 0.6) is 0 Å². The van der Waals surface area contributed by atoms with Gasteiger partial charge < -0.3 is 5.32 Å². The van der Waals surface area contributed by atoms with Gasteiger partial charge in [-0.05, 0) is 38.6 Å². The smallest absolute Gasteiger partial charge is 0.211 e. The van der Waals surface area contributed by atoms with Crippen LogP contribution in [0.1, 0.15) is 39.0 Å². The third kappa shape index (κ3) is 5.55. The van der Waals surface area contributed by atoms with E-state index in [0.29, 0.717) is 17.7 Å². The molecule has 1 aliphatic carbocycles. The van der Waals surface area contributed by atoms with Crippen LogP contribution in [0.2, 0.25) is 0 Å². The molecule has 2 unspecified atom stereocenters. The SMILES string of the molecule is CC1CC(NS(=O)(=O)CCC2CC2)CCN1.Cl. The Balaban J connectivity index is 0.00000144. The van der Waals surface area contributed by atoms with Crippen molar-refractivity contribution in [3.05, 3.63) is 0 Å². The van der Waals surface area contributed by atoms with E-state index in [1.165, 1.54) is 12.8 Å². The average molecular weight is 283 g/mol. The number of nitrogens with one attached hydrogen (secondary N) is 2. The number of halogens is 1. The molecule has 2 atom stereocenters. The summed E-state index contributed by atoms with van der Waals surface area (Å²) in [7, 11) is -3.04. The molecule has 17 heavy (non-hydrogen) atoms. The fourth-order valence-corrected chi connectivity index (χ4v) is 3.76. The Morgan fingerprint density at radius 3 is 2.59 bits per heavy atom. The van der Waals surface area contributed by atoms with Gasteiger partial charge in [0.1, 0.15) is 0 Å². The highest BCUT2D eigenvalue weighted by Crippen LogP contribution is 2.32. The average Bonchev–Trinajstić information content (AvgIpc) is 2.97. The second-order valence-electron chi connectivity index (χ2n) is 5.25. The Morgan fingerprint density at radius 2 is 2.00 bits per heavy atom. The molecule has 102 valence electrons. The zero-order chi connectivity index (χ0) is 11.6. The molecule has 1 saturated carbocycles. The maximum atomic E-state index is 11.8. The van der Waals surface area contributed by atoms with E-state index < -0.39 is 10.0 Å². The summed E-state index contributed by atoms with van der Waals surface area (Å²) < 4.78 is 26.5. The molecule has 2 rings (SSSR count). The fraction of sp³-hybridized carbons (Fsp3) is 1.00. The van der Waals surface area contributed by atoms with Crippen molar-refractivity contribution in [2.24, 2.45) is 5.92 Å². The van der Waals surface area contributed by atoms with Crippen LogP contribution in [0.15, 0.2) is 0 Å². The summed E-state index contributed by atoms with van der Waals surface area (Å²) in [6.07, 6.45) is 5.10. The molecule has 6 heteroatoms. The first-order valence-corrected chi connectivity index (χ1v) is 7.94. The lowest BCUT2D eigenvalue weighted by atomic mass is 10.0. The van der Waals surface area contributed by atoms with Gasteiger partial charge in [-0.15, -0.1) is 12.4 Å². The van der Waals surface area contributed by atoms with Crippen molar-refractivity contribution in [3.63, 3.8) is 0 Å². The van der Waals surface area contributed by atoms with Gasteiger partial charge >= 0.3 is 0 Å². The Hall–Kier alpha value is 0.160. The zero-order valence-corrected chi connectivity index (χ0v) is 11.9. The summed E-state index contributed by atoms with van der Waals surface area (Å²) in [4.78, 5) is 0. The molecule has 1 heterocycles. The van der Waals surface area contributed by atoms with Crippen LogP contribution in [0.4, 0.5) is 0 Å². The van der Waals surface area contributed by atoms with Crippen LogP contribution in [0.3, 0.4) is 0 Å². The molecule has 4 nitrogen and oxygen atoms in total. The molecule has 2 N–H and O–H groups in total. The molecule has 0 aromatic heterocycles. The number of sulfonamides is 1. The van der Waals surface area contributed by atoms with E-state index in [1.54, 1.807) is 0 Å². The molecule has 0 amide bonds. The van der Waals surface area contributed by atoms with E-state index in [-0.39, 0.29) is 18.4 Å². The topological polar surface area (TPSA) is 58.2 Å². The van der Waals surface area contributed by atoms with Gasteiger partial charge in [0.25, 0.3) is 0 Å². The Bertz CT molecular complexity index is 330. The second kappa shape index (κ2) is 6.36. The lowest BCUT2D eigenvalue weighted by molar-refractivity contribution is 0.361. The first kappa shape index (κ1) is 15.2. The molecule has 0 bridgehead atoms. The van der Waals surface area contributed by atoms with Gasteiger partial charge in [0.2, 0.25) is 10.0 Å². The summed E-state index contributed by atoms with van der Waals surface area (Å²) in [6, 6.07) is 0.560. The van der Waals surface area contributed by atoms with Crippen molar-refractivity contribution < 1.29 is 8.42 Å². The quantitative estimate of drug-likeness (QED) is 0.798. The van der Waals surface area contributed by atoms with Gasteiger partial charge in [0, 0.05) is 12.1 Å². The van der Waals surface area contributed by atoms with Crippen LogP contribution < -0.4 is 10.0 Å². The molecule has 1 aliphatic heterocycles. The highest BCUT2D eigenvalue weighted by atomic mass is 35.5. The van der Waals surface area contributed by atoms with Crippen molar-refractivity contribution in [1.82, 2.24) is 10.0 Å². The summed E-state index contributed by atoms with van der Waals surface area (Å²) in [6.45, 7) is 3.02. The highest BCUT2D eigenvalue weighted by Gasteiger charge is 2.26. The van der Waals surface area contributed by atoms with Gasteiger partial charge in [-0.3, -0.25) is 0 Å². The maximum absolute atomic E-state index is 11.8. The third-order valence-electron chi connectivity index (χ3n) is 3.46. The van der Waals surface area contributed by atoms with E-state index in [4.69, 9.17) is 0 Å². The number of hydrogen-bond donors (Lipinski definition) is 2. The van der Waals surface area contributed by atoms with Crippen molar-refractivity contribution in [2.75, 3.05) is 12.3 Å². The van der Waals surface area contributed by atoms with Crippen molar-refractivity contribution in [1.29, 1.82) is 0 Å². The van der Waals surface area contributed by atoms with Crippen molar-refractivity contribution in [3.8, 4) is 0 Å². The van der Waals surface area contributed by atoms with Gasteiger partial charge in [0.15, 0.2) is 0 Å². The molecular formula is C11H23ClN2O2S. The van der Waals surface area contributed by atoms with Crippen LogP contribution in [0.25, 0.3) is 0 Å². The molecule has 0 spiro atoms. The molecule has 0 radical (unpaired) electrons. The lowest BCUT2D eigenvalue weighted by Gasteiger charge is -2.28. The zero-order valence-electron chi connectivity index (χ0n) is 10.3. The molecule has 1 saturated heterocycles. The van der Waals surface area contributed by atoms with Crippen LogP contribution >= 0.6 is 12.4 Å². The minimum absolute atomic E-state index is 0. The van der Waals surface area contributed by atoms with E-state index in [1.807, 2.05) is 0 Å². The van der Waals surface area contributed by atoms with Crippen LogP contribution in [-0.4, -0.2) is 32.8 Å². The number of piperidine rings is 1. The molecular weight excluding hydrogens is 260 g/mol. The minimum Gasteiger partial charge on any atom is -0.314 e. The van der Waals surface area contributed by atoms with Crippen LogP contribution in [0, 0.1) is 5.92 Å². The van der Waals surface area contributed by atoms with E-state index in [2.05, 4.69) is 17.0 Å². The Labute approximate surface area is 110 Å². The third-order valence-corrected chi connectivity index (χ3v) is 4.93. The first-order valence-electron chi connectivity index (χ1n) is 6.28. The predicted molar refractivity (Wildman–Crippen MR) is 72.0 cm³/mol. The second-order valence-corrected chi connectivity index (χ2v) is 7.12. The van der Waals surface area contributed by atoms with Gasteiger partial charge in [-0.25, -0.2) is 13.1 Å². The fourth-order valence-electron chi connectivity index (χ4n) is 2.28. The number of rotatable bonds is 5. The van der Waals surface area contributed by atoms with E-state index in [0.717, 1.165) is 25.8 Å². The predicted octanol–water partition coefficient (Wildman–Crippen LogP) is 1.27. The first-order chi connectivity index (χ1) is 7.55. The summed E-state index contributed by atoms with van der Waals surface area (Å²) in [5.41, 5.74) is 0. The van der Waals surface area contributed by atoms with E-state index >= 15 is 0 Å². The molecule has 0 aromatic rings. The standard InChI is InChI=1S/C11H22N2O2S.ClH/c1-9-8-11(4-6-12-9)13-16(14,15)7-5-10-2-3-10;/h9-13H,2-8H2,1H3;1H. The largest absolute Gasteiger partial charge is 0.314 e. The maximum Gasteiger partial charge on any atom is 0.211 e.